The highest BCUT2D eigenvalue weighted by atomic mass is 16.1. The Kier molecular flexibility index (Phi) is 5.58. The van der Waals surface area contributed by atoms with Crippen molar-refractivity contribution < 1.29 is 4.79 Å². The Morgan fingerprint density at radius 1 is 1.29 bits per heavy atom. The molecule has 1 nitrogen and oxygen atoms in total. The van der Waals surface area contributed by atoms with E-state index in [1.807, 2.05) is 0 Å². The summed E-state index contributed by atoms with van der Waals surface area (Å²) in [6, 6.07) is 0. The van der Waals surface area contributed by atoms with Crippen LogP contribution < -0.4 is 0 Å². The Bertz CT molecular complexity index is 184. The van der Waals surface area contributed by atoms with E-state index in [-0.39, 0.29) is 0 Å². The normalized spacial score (nSPS) is 28.1. The molecule has 0 aromatic heterocycles. The number of carbonyl (C=O) groups excluding carboxylic acids is 1. The van der Waals surface area contributed by atoms with Crippen molar-refractivity contribution in [3.63, 3.8) is 0 Å². The van der Waals surface area contributed by atoms with Gasteiger partial charge in [-0.1, -0.05) is 25.0 Å². The quantitative estimate of drug-likeness (QED) is 0.370. The number of carbonyl (C=O) groups is 1. The van der Waals surface area contributed by atoms with Gasteiger partial charge < -0.3 is 4.79 Å². The molecule has 0 bridgehead atoms. The van der Waals surface area contributed by atoms with E-state index in [9.17, 15) is 4.79 Å². The molecule has 0 heterocycles. The summed E-state index contributed by atoms with van der Waals surface area (Å²) in [4.78, 5) is 10.2. The highest BCUT2D eigenvalue weighted by molar-refractivity contribution is 5.48. The summed E-state index contributed by atoms with van der Waals surface area (Å²) < 4.78 is 0. The lowest BCUT2D eigenvalue weighted by molar-refractivity contribution is -0.108. The second-order valence-corrected chi connectivity index (χ2v) is 4.33. The van der Waals surface area contributed by atoms with Crippen LogP contribution in [0.4, 0.5) is 0 Å². The Balaban J connectivity index is 2.33. The first kappa shape index (κ1) is 11.5. The molecule has 80 valence electrons. The predicted octanol–water partition coefficient (Wildman–Crippen LogP) is 3.74. The van der Waals surface area contributed by atoms with Gasteiger partial charge in [-0.3, -0.25) is 0 Å². The van der Waals surface area contributed by atoms with Crippen LogP contribution in [0.3, 0.4) is 0 Å². The molecular formula is C13H22O. The maximum absolute atomic E-state index is 10.2. The molecule has 2 atom stereocenters. The average molecular weight is 194 g/mol. The fourth-order valence-electron chi connectivity index (χ4n) is 2.56. The lowest BCUT2D eigenvalue weighted by Gasteiger charge is -2.29. The molecule has 2 unspecified atom stereocenters. The van der Waals surface area contributed by atoms with Gasteiger partial charge in [-0.05, 0) is 44.4 Å². The Hall–Kier alpha value is -0.590. The SMILES string of the molecule is C/C=C/C1CCCCC1CCCC=O. The van der Waals surface area contributed by atoms with Gasteiger partial charge in [0.05, 0.1) is 0 Å². The van der Waals surface area contributed by atoms with E-state index in [4.69, 9.17) is 0 Å². The molecule has 0 N–H and O–H groups in total. The fourth-order valence-corrected chi connectivity index (χ4v) is 2.56. The molecule has 1 saturated carbocycles. The molecule has 0 saturated heterocycles. The zero-order chi connectivity index (χ0) is 10.2. The summed E-state index contributed by atoms with van der Waals surface area (Å²) in [7, 11) is 0. The first-order chi connectivity index (χ1) is 6.88. The van der Waals surface area contributed by atoms with Gasteiger partial charge in [0.2, 0.25) is 0 Å². The van der Waals surface area contributed by atoms with Crippen molar-refractivity contribution in [1.29, 1.82) is 0 Å². The molecule has 1 aliphatic carbocycles. The van der Waals surface area contributed by atoms with Crippen molar-refractivity contribution in [2.75, 3.05) is 0 Å². The Labute approximate surface area is 87.6 Å². The second kappa shape index (κ2) is 6.80. The van der Waals surface area contributed by atoms with Crippen LogP contribution in [0.15, 0.2) is 12.2 Å². The van der Waals surface area contributed by atoms with Crippen molar-refractivity contribution in [3.8, 4) is 0 Å². The summed E-state index contributed by atoms with van der Waals surface area (Å²) in [5.41, 5.74) is 0. The van der Waals surface area contributed by atoms with Crippen LogP contribution in [0.5, 0.6) is 0 Å². The zero-order valence-electron chi connectivity index (χ0n) is 9.24. The van der Waals surface area contributed by atoms with Gasteiger partial charge in [0.15, 0.2) is 0 Å². The Morgan fingerprint density at radius 2 is 2.07 bits per heavy atom. The van der Waals surface area contributed by atoms with Crippen molar-refractivity contribution in [2.24, 2.45) is 11.8 Å². The topological polar surface area (TPSA) is 17.1 Å². The number of allylic oxidation sites excluding steroid dienone is 2. The molecule has 0 aliphatic heterocycles. The molecule has 14 heavy (non-hydrogen) atoms. The van der Waals surface area contributed by atoms with E-state index < -0.39 is 0 Å². The molecule has 0 aromatic rings. The first-order valence-electron chi connectivity index (χ1n) is 5.95. The van der Waals surface area contributed by atoms with Crippen molar-refractivity contribution in [1.82, 2.24) is 0 Å². The molecule has 0 amide bonds. The standard InChI is InChI=1S/C13H22O/c1-2-7-12-8-3-4-9-13(12)10-5-6-11-14/h2,7,11-13H,3-6,8-10H2,1H3/b7-2+. The van der Waals surface area contributed by atoms with E-state index in [1.54, 1.807) is 0 Å². The molecule has 0 radical (unpaired) electrons. The maximum Gasteiger partial charge on any atom is 0.119 e. The van der Waals surface area contributed by atoms with Crippen molar-refractivity contribution in [2.45, 2.75) is 51.9 Å². The van der Waals surface area contributed by atoms with Crippen molar-refractivity contribution >= 4 is 6.29 Å². The van der Waals surface area contributed by atoms with Gasteiger partial charge in [-0.15, -0.1) is 0 Å². The minimum Gasteiger partial charge on any atom is -0.303 e. The summed E-state index contributed by atoms with van der Waals surface area (Å²) >= 11 is 0. The van der Waals surface area contributed by atoms with Crippen LogP contribution in [0, 0.1) is 11.8 Å². The van der Waals surface area contributed by atoms with Crippen LogP contribution in [-0.2, 0) is 4.79 Å². The van der Waals surface area contributed by atoms with E-state index in [0.29, 0.717) is 0 Å². The molecule has 1 rings (SSSR count). The number of unbranched alkanes of at least 4 members (excludes halogenated alkanes) is 1. The van der Waals surface area contributed by atoms with Gasteiger partial charge in [-0.25, -0.2) is 0 Å². The highest BCUT2D eigenvalue weighted by Crippen LogP contribution is 2.34. The van der Waals surface area contributed by atoms with E-state index in [0.717, 1.165) is 31.0 Å². The monoisotopic (exact) mass is 194 g/mol. The van der Waals surface area contributed by atoms with Gasteiger partial charge >= 0.3 is 0 Å². The summed E-state index contributed by atoms with van der Waals surface area (Å²) in [6.45, 7) is 2.11. The lowest BCUT2D eigenvalue weighted by atomic mass is 9.76. The van der Waals surface area contributed by atoms with E-state index in [1.165, 1.54) is 32.1 Å². The molecule has 1 fully saturated rings. The van der Waals surface area contributed by atoms with Crippen LogP contribution in [0.2, 0.25) is 0 Å². The van der Waals surface area contributed by atoms with Crippen LogP contribution >= 0.6 is 0 Å². The average Bonchev–Trinajstić information content (AvgIpc) is 2.21. The van der Waals surface area contributed by atoms with Crippen LogP contribution in [0.25, 0.3) is 0 Å². The number of hydrogen-bond acceptors (Lipinski definition) is 1. The summed E-state index contributed by atoms with van der Waals surface area (Å²) in [5, 5.41) is 0. The smallest absolute Gasteiger partial charge is 0.119 e. The van der Waals surface area contributed by atoms with Gasteiger partial charge in [0.25, 0.3) is 0 Å². The largest absolute Gasteiger partial charge is 0.303 e. The number of hydrogen-bond donors (Lipinski definition) is 0. The molecule has 1 aliphatic rings. The van der Waals surface area contributed by atoms with Gasteiger partial charge in [-0.2, -0.15) is 0 Å². The predicted molar refractivity (Wildman–Crippen MR) is 60.2 cm³/mol. The van der Waals surface area contributed by atoms with E-state index in [2.05, 4.69) is 19.1 Å². The third kappa shape index (κ3) is 3.65. The van der Waals surface area contributed by atoms with Gasteiger partial charge in [0, 0.05) is 6.42 Å². The molecule has 1 heteroatoms. The highest BCUT2D eigenvalue weighted by Gasteiger charge is 2.21. The van der Waals surface area contributed by atoms with Gasteiger partial charge in [0.1, 0.15) is 6.29 Å². The molecule has 0 aromatic carbocycles. The second-order valence-electron chi connectivity index (χ2n) is 4.33. The first-order valence-corrected chi connectivity index (χ1v) is 5.95. The Morgan fingerprint density at radius 3 is 2.79 bits per heavy atom. The fraction of sp³-hybridized carbons (Fsp3) is 0.769. The molecule has 0 spiro atoms. The lowest BCUT2D eigenvalue weighted by Crippen LogP contribution is -2.17. The third-order valence-corrected chi connectivity index (χ3v) is 3.30. The van der Waals surface area contributed by atoms with E-state index >= 15 is 0 Å². The van der Waals surface area contributed by atoms with Crippen molar-refractivity contribution in [3.05, 3.63) is 12.2 Å². The zero-order valence-corrected chi connectivity index (χ0v) is 9.24. The minimum atomic E-state index is 0.749. The third-order valence-electron chi connectivity index (χ3n) is 3.30. The minimum absolute atomic E-state index is 0.749. The number of rotatable bonds is 5. The summed E-state index contributed by atoms with van der Waals surface area (Å²) in [6.07, 6.45) is 14.2. The maximum atomic E-state index is 10.2. The van der Waals surface area contributed by atoms with Crippen LogP contribution in [-0.4, -0.2) is 6.29 Å². The van der Waals surface area contributed by atoms with Crippen LogP contribution in [0.1, 0.15) is 51.9 Å². The number of aldehydes is 1. The summed E-state index contributed by atoms with van der Waals surface area (Å²) in [5.74, 6) is 1.64. The molecular weight excluding hydrogens is 172 g/mol.